The minimum absolute atomic E-state index is 0.0191. The number of halogens is 1. The molecule has 4 nitrogen and oxygen atoms in total. The van der Waals surface area contributed by atoms with Crippen molar-refractivity contribution in [3.8, 4) is 0 Å². The molecule has 0 saturated carbocycles. The van der Waals surface area contributed by atoms with E-state index in [1.165, 1.54) is 30.9 Å². The lowest BCUT2D eigenvalue weighted by Crippen LogP contribution is -2.24. The van der Waals surface area contributed by atoms with E-state index in [0.717, 1.165) is 0 Å². The Kier molecular flexibility index (Phi) is 2.72. The number of carbonyl (C=O) groups is 1. The Balaban J connectivity index is 3.35. The van der Waals surface area contributed by atoms with Crippen LogP contribution < -0.4 is 5.56 Å². The summed E-state index contributed by atoms with van der Waals surface area (Å²) in [6.45, 7) is 0. The number of rotatable bonds is 1. The Morgan fingerprint density at radius 2 is 2.15 bits per heavy atom. The Morgan fingerprint density at radius 1 is 1.54 bits per heavy atom. The van der Waals surface area contributed by atoms with Crippen molar-refractivity contribution in [1.29, 1.82) is 0 Å². The molecule has 1 rings (SSSR count). The molecule has 1 aromatic heterocycles. The number of aromatic nitrogens is 1. The number of carbonyl (C=O) groups excluding carboxylic acids is 1. The number of hydrogen-bond acceptors (Lipinski definition) is 3. The zero-order valence-electron chi connectivity index (χ0n) is 7.20. The summed E-state index contributed by atoms with van der Waals surface area (Å²) in [6.07, 6.45) is 0. The highest BCUT2D eigenvalue weighted by Crippen LogP contribution is 2.05. The summed E-state index contributed by atoms with van der Waals surface area (Å²) in [7, 11) is 2.70. The van der Waals surface area contributed by atoms with Crippen molar-refractivity contribution < 1.29 is 9.53 Å². The van der Waals surface area contributed by atoms with Crippen LogP contribution in [0.15, 0.2) is 16.9 Å². The molecule has 1 aromatic rings. The van der Waals surface area contributed by atoms with Crippen LogP contribution in [0.5, 0.6) is 0 Å². The van der Waals surface area contributed by atoms with Gasteiger partial charge in [0.1, 0.15) is 10.7 Å². The van der Waals surface area contributed by atoms with Gasteiger partial charge >= 0.3 is 5.97 Å². The Bertz CT molecular complexity index is 397. The fraction of sp³-hybridized carbons (Fsp3) is 0.250. The average molecular weight is 202 g/mol. The first-order valence-corrected chi connectivity index (χ1v) is 3.89. The molecule has 0 fully saturated rings. The summed E-state index contributed by atoms with van der Waals surface area (Å²) in [6, 6.07) is 2.81. The Labute approximate surface area is 79.7 Å². The van der Waals surface area contributed by atoms with Gasteiger partial charge in [0.15, 0.2) is 0 Å². The fourth-order valence-corrected chi connectivity index (χ4v) is 1.02. The molecule has 13 heavy (non-hydrogen) atoms. The molecule has 1 heterocycles. The van der Waals surface area contributed by atoms with Crippen LogP contribution in [0.1, 0.15) is 10.4 Å². The van der Waals surface area contributed by atoms with Gasteiger partial charge in [0.05, 0.1) is 7.11 Å². The SMILES string of the molecule is COC(=O)c1ccc(Cl)n(C)c1=O. The van der Waals surface area contributed by atoms with Gasteiger partial charge in [-0.15, -0.1) is 0 Å². The van der Waals surface area contributed by atoms with Crippen LogP contribution in [0.2, 0.25) is 5.15 Å². The third-order valence-corrected chi connectivity index (χ3v) is 2.03. The van der Waals surface area contributed by atoms with E-state index in [1.807, 2.05) is 0 Å². The fourth-order valence-electron chi connectivity index (χ4n) is 0.878. The van der Waals surface area contributed by atoms with Gasteiger partial charge in [-0.25, -0.2) is 4.79 Å². The van der Waals surface area contributed by atoms with Gasteiger partial charge in [0, 0.05) is 7.05 Å². The molecule has 0 aliphatic heterocycles. The third-order valence-electron chi connectivity index (χ3n) is 1.65. The predicted octanol–water partition coefficient (Wildman–Crippen LogP) is 0.825. The van der Waals surface area contributed by atoms with Crippen molar-refractivity contribution in [3.63, 3.8) is 0 Å². The molecule has 0 unspecified atom stereocenters. The van der Waals surface area contributed by atoms with Gasteiger partial charge in [-0.1, -0.05) is 11.6 Å². The van der Waals surface area contributed by atoms with Crippen LogP contribution in [0.25, 0.3) is 0 Å². The number of methoxy groups -OCH3 is 1. The van der Waals surface area contributed by atoms with Crippen LogP contribution >= 0.6 is 11.6 Å². The molecule has 0 aliphatic carbocycles. The number of esters is 1. The molecule has 0 aliphatic rings. The summed E-state index contributed by atoms with van der Waals surface area (Å²) in [5.74, 6) is -0.655. The van der Waals surface area contributed by atoms with Gasteiger partial charge in [-0.2, -0.15) is 0 Å². The van der Waals surface area contributed by atoms with Crippen molar-refractivity contribution in [2.24, 2.45) is 7.05 Å². The number of pyridine rings is 1. The van der Waals surface area contributed by atoms with Crippen LogP contribution in [0.3, 0.4) is 0 Å². The first kappa shape index (κ1) is 9.80. The zero-order valence-corrected chi connectivity index (χ0v) is 7.96. The molecule has 0 aromatic carbocycles. The summed E-state index contributed by atoms with van der Waals surface area (Å²) < 4.78 is 5.59. The zero-order chi connectivity index (χ0) is 10.0. The molecule has 0 spiro atoms. The third kappa shape index (κ3) is 1.72. The van der Waals surface area contributed by atoms with E-state index in [4.69, 9.17) is 11.6 Å². The first-order chi connectivity index (χ1) is 6.07. The van der Waals surface area contributed by atoms with Crippen molar-refractivity contribution in [1.82, 2.24) is 4.57 Å². The molecule has 0 N–H and O–H groups in total. The van der Waals surface area contributed by atoms with E-state index >= 15 is 0 Å². The highest BCUT2D eigenvalue weighted by molar-refractivity contribution is 6.29. The normalized spacial score (nSPS) is 9.77. The average Bonchev–Trinajstić information content (AvgIpc) is 2.13. The molecular weight excluding hydrogens is 194 g/mol. The molecule has 70 valence electrons. The number of nitrogens with zero attached hydrogens (tertiary/aromatic N) is 1. The maximum absolute atomic E-state index is 11.4. The van der Waals surface area contributed by atoms with Gasteiger partial charge < -0.3 is 9.30 Å². The molecule has 0 atom stereocenters. The van der Waals surface area contributed by atoms with Crippen LogP contribution in [0, 0.1) is 0 Å². The van der Waals surface area contributed by atoms with Crippen LogP contribution in [-0.4, -0.2) is 17.6 Å². The van der Waals surface area contributed by atoms with E-state index in [2.05, 4.69) is 4.74 Å². The largest absolute Gasteiger partial charge is 0.465 e. The molecule has 0 radical (unpaired) electrons. The van der Waals surface area contributed by atoms with Gasteiger partial charge in [0.25, 0.3) is 5.56 Å². The van der Waals surface area contributed by atoms with Crippen molar-refractivity contribution in [2.75, 3.05) is 7.11 Å². The van der Waals surface area contributed by atoms with Crippen molar-refractivity contribution in [2.45, 2.75) is 0 Å². The second-order valence-electron chi connectivity index (χ2n) is 2.43. The lowest BCUT2D eigenvalue weighted by molar-refractivity contribution is 0.0598. The lowest BCUT2D eigenvalue weighted by Gasteiger charge is -2.03. The van der Waals surface area contributed by atoms with Crippen molar-refractivity contribution in [3.05, 3.63) is 33.2 Å². The van der Waals surface area contributed by atoms with Gasteiger partial charge in [0.2, 0.25) is 0 Å². The highest BCUT2D eigenvalue weighted by Gasteiger charge is 2.12. The van der Waals surface area contributed by atoms with Gasteiger partial charge in [-0.3, -0.25) is 4.79 Å². The summed E-state index contributed by atoms with van der Waals surface area (Å²) in [5.41, 5.74) is -0.478. The smallest absolute Gasteiger partial charge is 0.343 e. The second-order valence-corrected chi connectivity index (χ2v) is 2.81. The first-order valence-electron chi connectivity index (χ1n) is 3.51. The maximum atomic E-state index is 11.4. The van der Waals surface area contributed by atoms with E-state index in [-0.39, 0.29) is 10.7 Å². The monoisotopic (exact) mass is 201 g/mol. The predicted molar refractivity (Wildman–Crippen MR) is 48.0 cm³/mol. The molecular formula is C8H8ClNO3. The second kappa shape index (κ2) is 3.62. The number of hydrogen-bond donors (Lipinski definition) is 0. The van der Waals surface area contributed by atoms with Gasteiger partial charge in [-0.05, 0) is 12.1 Å². The molecule has 0 bridgehead atoms. The lowest BCUT2D eigenvalue weighted by atomic mass is 10.3. The summed E-state index contributed by atoms with van der Waals surface area (Å²) >= 11 is 5.64. The highest BCUT2D eigenvalue weighted by atomic mass is 35.5. The minimum Gasteiger partial charge on any atom is -0.465 e. The molecule has 5 heteroatoms. The van der Waals surface area contributed by atoms with Crippen LogP contribution in [-0.2, 0) is 11.8 Å². The van der Waals surface area contributed by atoms with Crippen molar-refractivity contribution >= 4 is 17.6 Å². The standard InChI is InChI=1S/C8H8ClNO3/c1-10-6(9)4-3-5(7(10)11)8(12)13-2/h3-4H,1-2H3. The molecule has 0 amide bonds. The number of ether oxygens (including phenoxy) is 1. The van der Waals surface area contributed by atoms with E-state index in [1.54, 1.807) is 0 Å². The Hall–Kier alpha value is -1.29. The van der Waals surface area contributed by atoms with E-state index in [0.29, 0.717) is 0 Å². The van der Waals surface area contributed by atoms with E-state index in [9.17, 15) is 9.59 Å². The van der Waals surface area contributed by atoms with E-state index < -0.39 is 11.5 Å². The maximum Gasteiger partial charge on any atom is 0.343 e. The summed E-state index contributed by atoms with van der Waals surface area (Å²) in [5, 5.41) is 0.276. The quantitative estimate of drug-likeness (QED) is 0.500. The topological polar surface area (TPSA) is 48.3 Å². The Morgan fingerprint density at radius 3 is 2.69 bits per heavy atom. The van der Waals surface area contributed by atoms with Crippen LogP contribution in [0.4, 0.5) is 0 Å². The molecule has 0 saturated heterocycles. The minimum atomic E-state index is -0.655. The summed E-state index contributed by atoms with van der Waals surface area (Å²) in [4.78, 5) is 22.4.